The highest BCUT2D eigenvalue weighted by Crippen LogP contribution is 2.32. The van der Waals surface area contributed by atoms with Crippen molar-refractivity contribution in [1.29, 1.82) is 0 Å². The lowest BCUT2D eigenvalue weighted by Gasteiger charge is -2.09. The molecule has 0 atom stereocenters. The van der Waals surface area contributed by atoms with E-state index in [1.54, 1.807) is 11.8 Å². The molecule has 6 nitrogen and oxygen atoms in total. The summed E-state index contributed by atoms with van der Waals surface area (Å²) in [4.78, 5) is 11.4. The number of nitro benzene ring substituents is 1. The third kappa shape index (κ3) is 4.72. The highest BCUT2D eigenvalue weighted by Gasteiger charge is 2.25. The van der Waals surface area contributed by atoms with E-state index in [0.717, 1.165) is 11.2 Å². The Labute approximate surface area is 145 Å². The smallest absolute Gasteiger partial charge is 0.310 e. The lowest BCUT2D eigenvalue weighted by atomic mass is 10.2. The van der Waals surface area contributed by atoms with Crippen LogP contribution in [-0.4, -0.2) is 31.9 Å². The van der Waals surface area contributed by atoms with Crippen molar-refractivity contribution in [2.24, 2.45) is 0 Å². The molecule has 128 valence electrons. The molecule has 0 amide bonds. The van der Waals surface area contributed by atoms with Crippen LogP contribution in [0.4, 0.5) is 11.4 Å². The maximum absolute atomic E-state index is 11.7. The average Bonchev–Trinajstić information content (AvgIpc) is 2.52. The van der Waals surface area contributed by atoms with Gasteiger partial charge in [-0.25, -0.2) is 8.42 Å². The molecule has 2 rings (SSSR count). The third-order valence-corrected chi connectivity index (χ3v) is 5.43. The van der Waals surface area contributed by atoms with Gasteiger partial charge in [0.1, 0.15) is 10.6 Å². The minimum atomic E-state index is -3.67. The quantitative estimate of drug-likeness (QED) is 0.349. The number of anilines is 1. The molecule has 24 heavy (non-hydrogen) atoms. The normalized spacial score (nSPS) is 11.2. The molecule has 0 bridgehead atoms. The second kappa shape index (κ2) is 7.67. The van der Waals surface area contributed by atoms with Crippen molar-refractivity contribution < 1.29 is 13.3 Å². The predicted octanol–water partition coefficient (Wildman–Crippen LogP) is 3.51. The Morgan fingerprint density at radius 3 is 2.42 bits per heavy atom. The fourth-order valence-corrected chi connectivity index (χ4v) is 3.77. The molecule has 0 aliphatic carbocycles. The average molecular weight is 366 g/mol. The third-order valence-electron chi connectivity index (χ3n) is 3.29. The van der Waals surface area contributed by atoms with Gasteiger partial charge in [-0.15, -0.1) is 11.8 Å². The fourth-order valence-electron chi connectivity index (χ4n) is 2.14. The minimum Gasteiger partial charge on any atom is -0.379 e. The molecule has 0 spiro atoms. The molecule has 0 saturated heterocycles. The Kier molecular flexibility index (Phi) is 5.84. The zero-order valence-corrected chi connectivity index (χ0v) is 15.0. The molecule has 2 aromatic rings. The monoisotopic (exact) mass is 366 g/mol. The number of hydrogen-bond donors (Lipinski definition) is 1. The topological polar surface area (TPSA) is 89.3 Å². The highest BCUT2D eigenvalue weighted by atomic mass is 32.2. The van der Waals surface area contributed by atoms with Gasteiger partial charge in [0.2, 0.25) is 0 Å². The van der Waals surface area contributed by atoms with Gasteiger partial charge in [-0.3, -0.25) is 10.1 Å². The molecule has 0 fully saturated rings. The first-order valence-corrected chi connectivity index (χ1v) is 10.1. The zero-order chi connectivity index (χ0) is 17.7. The van der Waals surface area contributed by atoms with E-state index in [4.69, 9.17) is 0 Å². The van der Waals surface area contributed by atoms with E-state index in [1.165, 1.54) is 23.8 Å². The Hall–Kier alpha value is -2.06. The Morgan fingerprint density at radius 1 is 1.17 bits per heavy atom. The number of sulfone groups is 1. The lowest BCUT2D eigenvalue weighted by molar-refractivity contribution is -0.386. The molecule has 0 aromatic heterocycles. The summed E-state index contributed by atoms with van der Waals surface area (Å²) in [6, 6.07) is 12.4. The van der Waals surface area contributed by atoms with Crippen LogP contribution in [0.3, 0.4) is 0 Å². The molecule has 0 heterocycles. The molecular weight excluding hydrogens is 348 g/mol. The Balaban J connectivity index is 2.07. The Morgan fingerprint density at radius 2 is 1.83 bits per heavy atom. The SMILES string of the molecule is Cc1ccc(SCCNc2cccc(S(C)(=O)=O)c2[N+](=O)[O-])cc1. The molecule has 2 aromatic carbocycles. The standard InChI is InChI=1S/C16H18N2O4S2/c1-12-6-8-13(9-7-12)23-11-10-17-14-4-3-5-15(24(2,21)22)16(14)18(19)20/h3-9,17H,10-11H2,1-2H3. The largest absolute Gasteiger partial charge is 0.379 e. The van der Waals surface area contributed by atoms with Crippen molar-refractivity contribution in [2.75, 3.05) is 23.9 Å². The molecule has 0 radical (unpaired) electrons. The van der Waals surface area contributed by atoms with Gasteiger partial charge in [-0.1, -0.05) is 23.8 Å². The van der Waals surface area contributed by atoms with Gasteiger partial charge in [0.25, 0.3) is 0 Å². The van der Waals surface area contributed by atoms with Crippen LogP contribution in [0.25, 0.3) is 0 Å². The summed E-state index contributed by atoms with van der Waals surface area (Å²) in [5.41, 5.74) is 0.999. The molecule has 1 N–H and O–H groups in total. The van der Waals surface area contributed by atoms with Gasteiger partial charge in [0.15, 0.2) is 9.84 Å². The number of aryl methyl sites for hydroxylation is 1. The van der Waals surface area contributed by atoms with Gasteiger partial charge >= 0.3 is 5.69 Å². The first-order chi connectivity index (χ1) is 11.3. The van der Waals surface area contributed by atoms with Gasteiger partial charge in [-0.2, -0.15) is 0 Å². The van der Waals surface area contributed by atoms with E-state index in [1.807, 2.05) is 31.2 Å². The van der Waals surface area contributed by atoms with Gasteiger partial charge in [0.05, 0.1) is 4.92 Å². The second-order valence-corrected chi connectivity index (χ2v) is 8.42. The number of para-hydroxylation sites is 1. The van der Waals surface area contributed by atoms with E-state index >= 15 is 0 Å². The van der Waals surface area contributed by atoms with E-state index in [9.17, 15) is 18.5 Å². The van der Waals surface area contributed by atoms with Crippen LogP contribution in [0.15, 0.2) is 52.3 Å². The maximum atomic E-state index is 11.7. The number of benzene rings is 2. The molecule has 0 unspecified atom stereocenters. The summed E-state index contributed by atoms with van der Waals surface area (Å²) in [6.07, 6.45) is 0.965. The van der Waals surface area contributed by atoms with Crippen LogP contribution in [0.2, 0.25) is 0 Å². The highest BCUT2D eigenvalue weighted by molar-refractivity contribution is 7.99. The van der Waals surface area contributed by atoms with Crippen molar-refractivity contribution in [1.82, 2.24) is 0 Å². The van der Waals surface area contributed by atoms with Gasteiger partial charge < -0.3 is 5.32 Å². The van der Waals surface area contributed by atoms with Gasteiger partial charge in [-0.05, 0) is 31.2 Å². The molecular formula is C16H18N2O4S2. The van der Waals surface area contributed by atoms with Crippen LogP contribution in [-0.2, 0) is 9.84 Å². The van der Waals surface area contributed by atoms with Crippen LogP contribution < -0.4 is 5.32 Å². The Bertz CT molecular complexity index is 834. The number of thioether (sulfide) groups is 1. The van der Waals surface area contributed by atoms with Crippen molar-refractivity contribution in [3.63, 3.8) is 0 Å². The van der Waals surface area contributed by atoms with Crippen LogP contribution in [0.5, 0.6) is 0 Å². The maximum Gasteiger partial charge on any atom is 0.310 e. The van der Waals surface area contributed by atoms with Crippen molar-refractivity contribution >= 4 is 33.0 Å². The summed E-state index contributed by atoms with van der Waals surface area (Å²) in [6.45, 7) is 2.50. The van der Waals surface area contributed by atoms with Crippen molar-refractivity contribution in [2.45, 2.75) is 16.7 Å². The number of nitrogens with one attached hydrogen (secondary N) is 1. The lowest BCUT2D eigenvalue weighted by Crippen LogP contribution is -2.09. The summed E-state index contributed by atoms with van der Waals surface area (Å²) in [5.74, 6) is 0.698. The number of nitro groups is 1. The second-order valence-electron chi connectivity index (χ2n) is 5.27. The number of rotatable bonds is 7. The molecule has 8 heteroatoms. The number of nitrogens with zero attached hydrogens (tertiary/aromatic N) is 1. The van der Waals surface area contributed by atoms with Crippen LogP contribution >= 0.6 is 11.8 Å². The van der Waals surface area contributed by atoms with E-state index in [0.29, 0.717) is 12.3 Å². The van der Waals surface area contributed by atoms with E-state index in [-0.39, 0.29) is 10.6 Å². The zero-order valence-electron chi connectivity index (χ0n) is 13.4. The first-order valence-electron chi connectivity index (χ1n) is 7.20. The molecule has 0 aliphatic rings. The van der Waals surface area contributed by atoms with Crippen molar-refractivity contribution in [3.8, 4) is 0 Å². The first kappa shape index (κ1) is 18.3. The predicted molar refractivity (Wildman–Crippen MR) is 96.6 cm³/mol. The van der Waals surface area contributed by atoms with Gasteiger partial charge in [0, 0.05) is 23.4 Å². The van der Waals surface area contributed by atoms with Crippen molar-refractivity contribution in [3.05, 3.63) is 58.1 Å². The van der Waals surface area contributed by atoms with Crippen LogP contribution in [0.1, 0.15) is 5.56 Å². The summed E-state index contributed by atoms with van der Waals surface area (Å²) in [5, 5.41) is 14.2. The van der Waals surface area contributed by atoms with E-state index < -0.39 is 20.4 Å². The molecule has 0 aliphatic heterocycles. The minimum absolute atomic E-state index is 0.215. The summed E-state index contributed by atoms with van der Waals surface area (Å²) in [7, 11) is -3.67. The van der Waals surface area contributed by atoms with Crippen LogP contribution in [0, 0.1) is 17.0 Å². The molecule has 0 saturated carbocycles. The fraction of sp³-hybridized carbons (Fsp3) is 0.250. The summed E-state index contributed by atoms with van der Waals surface area (Å²) < 4.78 is 23.4. The van der Waals surface area contributed by atoms with E-state index in [2.05, 4.69) is 5.32 Å². The number of hydrogen-bond acceptors (Lipinski definition) is 6. The summed E-state index contributed by atoms with van der Waals surface area (Å²) >= 11 is 1.62.